The van der Waals surface area contributed by atoms with Crippen molar-refractivity contribution in [3.63, 3.8) is 0 Å². The number of hydrogen-bond donors (Lipinski definition) is 3. The molecule has 0 aliphatic heterocycles. The molecule has 3 aromatic carbocycles. The number of rotatable bonds is 8. The second-order valence-electron chi connectivity index (χ2n) is 7.91. The molecule has 0 aliphatic rings. The second-order valence-corrected chi connectivity index (χ2v) is 9.63. The minimum absolute atomic E-state index is 0.0411. The fourth-order valence-corrected chi connectivity index (χ4v) is 4.62. The van der Waals surface area contributed by atoms with E-state index in [2.05, 4.69) is 15.6 Å². The standard InChI is InChI=1S/C24H27N3O5S/c1-16(2)23(24(29)26-25-22(28)14-17-8-11-20(32-3)12-9-17)27-33(30,31)21-13-10-18-6-4-5-7-19(18)15-21/h4-13,15-16,23,27H,14H2,1-3H3,(H,25,28)(H,26,29). The van der Waals surface area contributed by atoms with Crippen LogP contribution in [0, 0.1) is 5.92 Å². The minimum atomic E-state index is -3.97. The average molecular weight is 470 g/mol. The van der Waals surface area contributed by atoms with Gasteiger partial charge in [-0.2, -0.15) is 4.72 Å². The number of fused-ring (bicyclic) bond motifs is 1. The lowest BCUT2D eigenvalue weighted by molar-refractivity contribution is -0.130. The van der Waals surface area contributed by atoms with Gasteiger partial charge in [0, 0.05) is 0 Å². The van der Waals surface area contributed by atoms with Gasteiger partial charge in [-0.1, -0.05) is 56.3 Å². The molecule has 0 saturated heterocycles. The number of amides is 2. The van der Waals surface area contributed by atoms with E-state index in [1.54, 1.807) is 57.4 Å². The molecular weight excluding hydrogens is 442 g/mol. The van der Waals surface area contributed by atoms with Crippen LogP contribution in [0.25, 0.3) is 10.8 Å². The zero-order valence-corrected chi connectivity index (χ0v) is 19.5. The Labute approximate surface area is 193 Å². The predicted molar refractivity (Wildman–Crippen MR) is 126 cm³/mol. The lowest BCUT2D eigenvalue weighted by atomic mass is 10.1. The Kier molecular flexibility index (Phi) is 7.67. The third-order valence-corrected chi connectivity index (χ3v) is 6.55. The van der Waals surface area contributed by atoms with E-state index in [-0.39, 0.29) is 17.2 Å². The topological polar surface area (TPSA) is 114 Å². The Morgan fingerprint density at radius 3 is 2.21 bits per heavy atom. The van der Waals surface area contributed by atoms with Gasteiger partial charge < -0.3 is 4.74 Å². The number of methoxy groups -OCH3 is 1. The SMILES string of the molecule is COc1ccc(CC(=O)NNC(=O)C(NS(=O)(=O)c2ccc3ccccc3c2)C(C)C)cc1. The van der Waals surface area contributed by atoms with E-state index in [0.717, 1.165) is 16.3 Å². The van der Waals surface area contributed by atoms with Gasteiger partial charge in [-0.05, 0) is 46.5 Å². The summed E-state index contributed by atoms with van der Waals surface area (Å²) in [6.45, 7) is 3.43. The predicted octanol–water partition coefficient (Wildman–Crippen LogP) is 2.54. The second kappa shape index (κ2) is 10.5. The summed E-state index contributed by atoms with van der Waals surface area (Å²) in [5, 5.41) is 1.69. The van der Waals surface area contributed by atoms with Crippen LogP contribution in [-0.4, -0.2) is 33.4 Å². The highest BCUT2D eigenvalue weighted by Gasteiger charge is 2.28. The molecule has 9 heteroatoms. The molecule has 2 amide bonds. The van der Waals surface area contributed by atoms with Gasteiger partial charge in [0.2, 0.25) is 15.9 Å². The fraction of sp³-hybridized carbons (Fsp3) is 0.250. The molecule has 1 unspecified atom stereocenters. The van der Waals surface area contributed by atoms with Crippen molar-refractivity contribution in [2.24, 2.45) is 5.92 Å². The molecule has 0 aromatic heterocycles. The molecule has 0 bridgehead atoms. The van der Waals surface area contributed by atoms with Crippen molar-refractivity contribution in [2.45, 2.75) is 31.2 Å². The van der Waals surface area contributed by atoms with Gasteiger partial charge in [0.15, 0.2) is 0 Å². The van der Waals surface area contributed by atoms with E-state index in [4.69, 9.17) is 4.74 Å². The maximum Gasteiger partial charge on any atom is 0.256 e. The van der Waals surface area contributed by atoms with Crippen molar-refractivity contribution in [3.8, 4) is 5.75 Å². The first-order valence-corrected chi connectivity index (χ1v) is 11.9. The van der Waals surface area contributed by atoms with E-state index in [1.165, 1.54) is 6.07 Å². The van der Waals surface area contributed by atoms with Crippen molar-refractivity contribution in [1.82, 2.24) is 15.6 Å². The molecule has 0 radical (unpaired) electrons. The van der Waals surface area contributed by atoms with Gasteiger partial charge >= 0.3 is 0 Å². The lowest BCUT2D eigenvalue weighted by Gasteiger charge is -2.22. The van der Waals surface area contributed by atoms with Crippen LogP contribution in [0.1, 0.15) is 19.4 Å². The van der Waals surface area contributed by atoms with Gasteiger partial charge in [0.05, 0.1) is 18.4 Å². The maximum absolute atomic E-state index is 12.9. The first-order valence-electron chi connectivity index (χ1n) is 10.4. The molecule has 0 spiro atoms. The maximum atomic E-state index is 12.9. The Morgan fingerprint density at radius 2 is 1.58 bits per heavy atom. The van der Waals surface area contributed by atoms with Gasteiger partial charge in [-0.15, -0.1) is 0 Å². The molecule has 174 valence electrons. The van der Waals surface area contributed by atoms with Crippen molar-refractivity contribution in [3.05, 3.63) is 72.3 Å². The number of carbonyl (C=O) groups excluding carboxylic acids is 2. The Hall–Kier alpha value is -3.43. The Bertz CT molecular complexity index is 1240. The zero-order chi connectivity index (χ0) is 24.0. The van der Waals surface area contributed by atoms with Crippen LogP contribution in [0.3, 0.4) is 0 Å². The summed E-state index contributed by atoms with van der Waals surface area (Å²) in [4.78, 5) is 24.9. The first kappa shape index (κ1) is 24.2. The fourth-order valence-electron chi connectivity index (χ4n) is 3.24. The molecule has 1 atom stereocenters. The molecule has 0 fully saturated rings. The number of ether oxygens (including phenoxy) is 1. The highest BCUT2D eigenvalue weighted by Crippen LogP contribution is 2.20. The van der Waals surface area contributed by atoms with Crippen LogP contribution < -0.4 is 20.3 Å². The van der Waals surface area contributed by atoms with E-state index in [1.807, 2.05) is 24.3 Å². The number of sulfonamides is 1. The third-order valence-electron chi connectivity index (χ3n) is 5.11. The number of hydrogen-bond acceptors (Lipinski definition) is 5. The minimum Gasteiger partial charge on any atom is -0.497 e. The van der Waals surface area contributed by atoms with Crippen LogP contribution in [0.2, 0.25) is 0 Å². The summed E-state index contributed by atoms with van der Waals surface area (Å²) < 4.78 is 33.4. The average Bonchev–Trinajstić information content (AvgIpc) is 2.81. The summed E-state index contributed by atoms with van der Waals surface area (Å²) in [6.07, 6.45) is 0.0411. The monoisotopic (exact) mass is 469 g/mol. The summed E-state index contributed by atoms with van der Waals surface area (Å²) >= 11 is 0. The molecule has 33 heavy (non-hydrogen) atoms. The van der Waals surface area contributed by atoms with Crippen LogP contribution in [-0.2, 0) is 26.0 Å². The van der Waals surface area contributed by atoms with E-state index < -0.39 is 27.9 Å². The third kappa shape index (κ3) is 6.30. The van der Waals surface area contributed by atoms with E-state index in [0.29, 0.717) is 5.75 Å². The molecule has 3 aromatic rings. The zero-order valence-electron chi connectivity index (χ0n) is 18.7. The summed E-state index contributed by atoms with van der Waals surface area (Å²) in [5.41, 5.74) is 5.40. The molecule has 0 saturated carbocycles. The van der Waals surface area contributed by atoms with Crippen LogP contribution >= 0.6 is 0 Å². The molecule has 3 N–H and O–H groups in total. The van der Waals surface area contributed by atoms with Crippen LogP contribution in [0.5, 0.6) is 5.75 Å². The van der Waals surface area contributed by atoms with Crippen molar-refractivity contribution >= 4 is 32.6 Å². The normalized spacial score (nSPS) is 12.4. The number of nitrogens with one attached hydrogen (secondary N) is 3. The highest BCUT2D eigenvalue weighted by atomic mass is 32.2. The summed E-state index contributed by atoms with van der Waals surface area (Å²) in [6, 6.07) is 18.1. The summed E-state index contributed by atoms with van der Waals surface area (Å²) in [5.74, 6) is -0.782. The van der Waals surface area contributed by atoms with Crippen LogP contribution in [0.4, 0.5) is 0 Å². The van der Waals surface area contributed by atoms with E-state index >= 15 is 0 Å². The smallest absolute Gasteiger partial charge is 0.256 e. The van der Waals surface area contributed by atoms with Crippen molar-refractivity contribution < 1.29 is 22.7 Å². The lowest BCUT2D eigenvalue weighted by Crippen LogP contribution is -2.54. The number of benzene rings is 3. The molecule has 0 heterocycles. The Morgan fingerprint density at radius 1 is 0.909 bits per heavy atom. The molecule has 3 rings (SSSR count). The van der Waals surface area contributed by atoms with Gasteiger partial charge in [-0.3, -0.25) is 20.4 Å². The van der Waals surface area contributed by atoms with Gasteiger partial charge in [0.1, 0.15) is 11.8 Å². The van der Waals surface area contributed by atoms with E-state index in [9.17, 15) is 18.0 Å². The van der Waals surface area contributed by atoms with Crippen molar-refractivity contribution in [2.75, 3.05) is 7.11 Å². The quantitative estimate of drug-likeness (QED) is 0.439. The Balaban J connectivity index is 1.64. The molecule has 0 aliphatic carbocycles. The largest absolute Gasteiger partial charge is 0.497 e. The van der Waals surface area contributed by atoms with Crippen LogP contribution in [0.15, 0.2) is 71.6 Å². The van der Waals surface area contributed by atoms with Gasteiger partial charge in [-0.25, -0.2) is 8.42 Å². The number of carbonyl (C=O) groups is 2. The van der Waals surface area contributed by atoms with Crippen molar-refractivity contribution in [1.29, 1.82) is 0 Å². The molecule has 8 nitrogen and oxygen atoms in total. The summed E-state index contributed by atoms with van der Waals surface area (Å²) in [7, 11) is -2.42. The highest BCUT2D eigenvalue weighted by molar-refractivity contribution is 7.89. The first-order chi connectivity index (χ1) is 15.7. The van der Waals surface area contributed by atoms with Gasteiger partial charge in [0.25, 0.3) is 5.91 Å². The number of hydrazine groups is 1. The molecular formula is C24H27N3O5S.